The van der Waals surface area contributed by atoms with E-state index in [-0.39, 0.29) is 0 Å². The van der Waals surface area contributed by atoms with E-state index in [0.29, 0.717) is 22.1 Å². The molecular formula is C18H14N2O2S2. The van der Waals surface area contributed by atoms with Crippen LogP contribution in [-0.2, 0) is 0 Å². The van der Waals surface area contributed by atoms with Crippen molar-refractivity contribution in [3.05, 3.63) is 51.7 Å². The van der Waals surface area contributed by atoms with Gasteiger partial charge in [0, 0.05) is 10.9 Å². The zero-order chi connectivity index (χ0) is 16.9. The first-order valence-electron chi connectivity index (χ1n) is 7.09. The molecule has 0 atom stereocenters. The highest BCUT2D eigenvalue weighted by Crippen LogP contribution is 2.34. The van der Waals surface area contributed by atoms with Gasteiger partial charge in [0.1, 0.15) is 11.1 Å². The molecule has 0 bridgehead atoms. The van der Waals surface area contributed by atoms with Gasteiger partial charge in [0.25, 0.3) is 0 Å². The van der Waals surface area contributed by atoms with Crippen molar-refractivity contribution in [2.75, 3.05) is 14.2 Å². The molecule has 0 N–H and O–H groups in total. The number of thiazole rings is 1. The Bertz CT molecular complexity index is 905. The first-order chi connectivity index (χ1) is 11.8. The molecule has 24 heavy (non-hydrogen) atoms. The van der Waals surface area contributed by atoms with Crippen LogP contribution in [-0.4, -0.2) is 19.2 Å². The number of aromatic nitrogens is 1. The number of benzene rings is 1. The van der Waals surface area contributed by atoms with Crippen LogP contribution >= 0.6 is 22.7 Å². The fraction of sp³-hybridized carbons (Fsp3) is 0.111. The fourth-order valence-corrected chi connectivity index (χ4v) is 3.80. The largest absolute Gasteiger partial charge is 0.493 e. The summed E-state index contributed by atoms with van der Waals surface area (Å²) in [5.41, 5.74) is 2.17. The first kappa shape index (κ1) is 16.2. The zero-order valence-electron chi connectivity index (χ0n) is 13.1. The Hall–Kier alpha value is -2.62. The molecule has 1 aromatic carbocycles. The molecule has 2 aromatic heterocycles. The minimum absolute atomic E-state index is 0.495. The van der Waals surface area contributed by atoms with Crippen molar-refractivity contribution < 1.29 is 9.47 Å². The molecule has 120 valence electrons. The standard InChI is InChI=1S/C18H14N2O2S2/c1-21-15-6-3-5-12(17(15)22-2)9-13(10-19)18-20-14(11-24-18)16-7-4-8-23-16/h3-9,11H,1-2H3/b13-9-. The summed E-state index contributed by atoms with van der Waals surface area (Å²) in [6, 6.07) is 11.8. The van der Waals surface area contributed by atoms with Gasteiger partial charge in [0.05, 0.1) is 30.4 Å². The van der Waals surface area contributed by atoms with Crippen LogP contribution in [0.1, 0.15) is 10.6 Å². The van der Waals surface area contributed by atoms with Crippen molar-refractivity contribution in [1.29, 1.82) is 5.26 Å². The third-order valence-corrected chi connectivity index (χ3v) is 5.13. The van der Waals surface area contributed by atoms with E-state index in [0.717, 1.165) is 16.1 Å². The quantitative estimate of drug-likeness (QED) is 0.608. The fourth-order valence-electron chi connectivity index (χ4n) is 2.26. The van der Waals surface area contributed by atoms with Crippen molar-refractivity contribution >= 4 is 34.3 Å². The molecule has 0 amide bonds. The Labute approximate surface area is 148 Å². The molecule has 0 saturated heterocycles. The van der Waals surface area contributed by atoms with E-state index < -0.39 is 0 Å². The van der Waals surface area contributed by atoms with E-state index in [9.17, 15) is 5.26 Å². The van der Waals surface area contributed by atoms with Gasteiger partial charge in [0.2, 0.25) is 0 Å². The number of rotatable bonds is 5. The lowest BCUT2D eigenvalue weighted by Crippen LogP contribution is -1.93. The molecule has 0 aliphatic carbocycles. The minimum atomic E-state index is 0.495. The first-order valence-corrected chi connectivity index (χ1v) is 8.85. The summed E-state index contributed by atoms with van der Waals surface area (Å²) in [7, 11) is 3.17. The number of hydrogen-bond acceptors (Lipinski definition) is 6. The van der Waals surface area contributed by atoms with Gasteiger partial charge in [0.15, 0.2) is 11.5 Å². The van der Waals surface area contributed by atoms with Crippen molar-refractivity contribution in [1.82, 2.24) is 4.98 Å². The van der Waals surface area contributed by atoms with E-state index >= 15 is 0 Å². The van der Waals surface area contributed by atoms with Gasteiger partial charge in [-0.15, -0.1) is 22.7 Å². The lowest BCUT2D eigenvalue weighted by Gasteiger charge is -2.10. The molecule has 0 aliphatic heterocycles. The molecule has 2 heterocycles. The number of methoxy groups -OCH3 is 2. The Morgan fingerprint density at radius 2 is 2.04 bits per heavy atom. The summed E-state index contributed by atoms with van der Waals surface area (Å²) < 4.78 is 10.7. The van der Waals surface area contributed by atoms with Gasteiger partial charge >= 0.3 is 0 Å². The normalized spacial score (nSPS) is 11.1. The van der Waals surface area contributed by atoms with E-state index in [1.807, 2.05) is 41.1 Å². The van der Waals surface area contributed by atoms with Crippen LogP contribution in [0.4, 0.5) is 0 Å². The number of ether oxygens (including phenoxy) is 2. The third kappa shape index (κ3) is 3.18. The lowest BCUT2D eigenvalue weighted by molar-refractivity contribution is 0.354. The van der Waals surface area contributed by atoms with E-state index in [1.54, 1.807) is 31.6 Å². The summed E-state index contributed by atoms with van der Waals surface area (Å²) in [6.45, 7) is 0. The summed E-state index contributed by atoms with van der Waals surface area (Å²) >= 11 is 3.08. The van der Waals surface area contributed by atoms with Crippen molar-refractivity contribution in [2.24, 2.45) is 0 Å². The van der Waals surface area contributed by atoms with Crippen LogP contribution < -0.4 is 9.47 Å². The molecule has 3 rings (SSSR count). The molecule has 0 fully saturated rings. The highest BCUT2D eigenvalue weighted by Gasteiger charge is 2.13. The number of thiophene rings is 1. The Balaban J connectivity index is 2.01. The van der Waals surface area contributed by atoms with E-state index in [4.69, 9.17) is 9.47 Å². The number of hydrogen-bond donors (Lipinski definition) is 0. The smallest absolute Gasteiger partial charge is 0.167 e. The Morgan fingerprint density at radius 1 is 1.17 bits per heavy atom. The minimum Gasteiger partial charge on any atom is -0.493 e. The topological polar surface area (TPSA) is 55.1 Å². The van der Waals surface area contributed by atoms with Gasteiger partial charge in [-0.2, -0.15) is 5.26 Å². The number of para-hydroxylation sites is 1. The summed E-state index contributed by atoms with van der Waals surface area (Å²) in [5, 5.41) is 14.2. The maximum Gasteiger partial charge on any atom is 0.167 e. The highest BCUT2D eigenvalue weighted by atomic mass is 32.1. The molecule has 0 aliphatic rings. The van der Waals surface area contributed by atoms with E-state index in [2.05, 4.69) is 11.1 Å². The monoisotopic (exact) mass is 354 g/mol. The summed E-state index contributed by atoms with van der Waals surface area (Å²) in [4.78, 5) is 5.68. The van der Waals surface area contributed by atoms with Gasteiger partial charge in [-0.3, -0.25) is 0 Å². The number of allylic oxidation sites excluding steroid dienone is 1. The molecule has 4 nitrogen and oxygen atoms in total. The predicted octanol–water partition coefficient (Wildman–Crippen LogP) is 4.95. The molecular weight excluding hydrogens is 340 g/mol. The van der Waals surface area contributed by atoms with Crippen LogP contribution in [0.15, 0.2) is 41.1 Å². The second-order valence-corrected chi connectivity index (χ2v) is 6.57. The van der Waals surface area contributed by atoms with Gasteiger partial charge in [-0.25, -0.2) is 4.98 Å². The summed E-state index contributed by atoms with van der Waals surface area (Å²) in [5.74, 6) is 1.23. The molecule has 0 saturated carbocycles. The second-order valence-electron chi connectivity index (χ2n) is 4.77. The molecule has 0 unspecified atom stereocenters. The predicted molar refractivity (Wildman–Crippen MR) is 98.5 cm³/mol. The maximum absolute atomic E-state index is 9.55. The van der Waals surface area contributed by atoms with Gasteiger partial charge in [-0.1, -0.05) is 18.2 Å². The third-order valence-electron chi connectivity index (χ3n) is 3.36. The SMILES string of the molecule is COc1cccc(/C=C(/C#N)c2nc(-c3cccs3)cs2)c1OC. The van der Waals surface area contributed by atoms with Crippen molar-refractivity contribution in [3.8, 4) is 28.1 Å². The summed E-state index contributed by atoms with van der Waals surface area (Å²) in [6.07, 6.45) is 1.78. The Morgan fingerprint density at radius 3 is 2.71 bits per heavy atom. The maximum atomic E-state index is 9.55. The molecule has 0 radical (unpaired) electrons. The Kier molecular flexibility index (Phi) is 4.94. The molecule has 6 heteroatoms. The van der Waals surface area contributed by atoms with Crippen LogP contribution in [0, 0.1) is 11.3 Å². The zero-order valence-corrected chi connectivity index (χ0v) is 14.8. The van der Waals surface area contributed by atoms with Crippen molar-refractivity contribution in [3.63, 3.8) is 0 Å². The van der Waals surface area contributed by atoms with Crippen LogP contribution in [0.2, 0.25) is 0 Å². The molecule has 0 spiro atoms. The van der Waals surface area contributed by atoms with Crippen LogP contribution in [0.25, 0.3) is 22.2 Å². The highest BCUT2D eigenvalue weighted by molar-refractivity contribution is 7.14. The average molecular weight is 354 g/mol. The van der Waals surface area contributed by atoms with Crippen molar-refractivity contribution in [2.45, 2.75) is 0 Å². The van der Waals surface area contributed by atoms with Gasteiger partial charge < -0.3 is 9.47 Å². The number of nitriles is 1. The van der Waals surface area contributed by atoms with Gasteiger partial charge in [-0.05, 0) is 23.6 Å². The van der Waals surface area contributed by atoms with E-state index in [1.165, 1.54) is 11.3 Å². The van der Waals surface area contributed by atoms with Crippen LogP contribution in [0.5, 0.6) is 11.5 Å². The molecule has 3 aromatic rings. The van der Waals surface area contributed by atoms with Crippen LogP contribution in [0.3, 0.4) is 0 Å². The number of nitrogens with zero attached hydrogens (tertiary/aromatic N) is 2. The average Bonchev–Trinajstić information content (AvgIpc) is 3.30. The second kappa shape index (κ2) is 7.30. The lowest BCUT2D eigenvalue weighted by atomic mass is 10.1.